The average molecular weight is 219 g/mol. The van der Waals surface area contributed by atoms with Crippen molar-refractivity contribution in [3.8, 4) is 0 Å². The van der Waals surface area contributed by atoms with E-state index < -0.39 is 0 Å². The summed E-state index contributed by atoms with van der Waals surface area (Å²) in [6.45, 7) is 1.93. The van der Waals surface area contributed by atoms with Crippen LogP contribution in [0.25, 0.3) is 0 Å². The second-order valence-electron chi connectivity index (χ2n) is 3.45. The van der Waals surface area contributed by atoms with E-state index in [0.29, 0.717) is 0 Å². The van der Waals surface area contributed by atoms with Crippen LogP contribution in [-0.2, 0) is 11.2 Å². The predicted octanol–water partition coefficient (Wildman–Crippen LogP) is 2.84. The van der Waals surface area contributed by atoms with Gasteiger partial charge < -0.3 is 9.15 Å². The van der Waals surface area contributed by atoms with Crippen molar-refractivity contribution < 1.29 is 9.15 Å². The van der Waals surface area contributed by atoms with E-state index in [9.17, 15) is 0 Å². The highest BCUT2D eigenvalue weighted by molar-refractivity contribution is 5.18. The van der Waals surface area contributed by atoms with Crippen LogP contribution in [0.2, 0.25) is 0 Å². The summed E-state index contributed by atoms with van der Waals surface area (Å²) in [7, 11) is 3.25. The molecule has 0 bridgehead atoms. The van der Waals surface area contributed by atoms with Crippen molar-refractivity contribution in [2.45, 2.75) is 13.3 Å². The Morgan fingerprint density at radius 1 is 1.19 bits per heavy atom. The maximum atomic E-state index is 5.26. The lowest BCUT2D eigenvalue weighted by Crippen LogP contribution is -1.87. The fraction of sp³-hybridized carbons (Fsp3) is 0.308. The fourth-order valence-corrected chi connectivity index (χ4v) is 1.25. The molecule has 1 heterocycles. The molecular weight excluding hydrogens is 202 g/mol. The third-order valence-electron chi connectivity index (χ3n) is 1.86. The SMILES string of the molecule is COC.Cc1coc(Cc2ccccc2)n1. The molecule has 86 valence electrons. The molecule has 1 aromatic carbocycles. The van der Waals surface area contributed by atoms with Crippen molar-refractivity contribution in [1.29, 1.82) is 0 Å². The highest BCUT2D eigenvalue weighted by Gasteiger charge is 2.00. The second kappa shape index (κ2) is 6.80. The molecule has 0 N–H and O–H groups in total. The first-order valence-electron chi connectivity index (χ1n) is 5.11. The van der Waals surface area contributed by atoms with Crippen molar-refractivity contribution >= 4 is 0 Å². The van der Waals surface area contributed by atoms with Gasteiger partial charge in [-0.05, 0) is 12.5 Å². The Balaban J connectivity index is 0.000000386. The summed E-state index contributed by atoms with van der Waals surface area (Å²) in [5.74, 6) is 0.781. The van der Waals surface area contributed by atoms with Gasteiger partial charge in [0.2, 0.25) is 0 Å². The molecule has 0 radical (unpaired) electrons. The average Bonchev–Trinajstić information content (AvgIpc) is 2.67. The fourth-order valence-electron chi connectivity index (χ4n) is 1.25. The molecule has 2 rings (SSSR count). The number of benzene rings is 1. The molecule has 3 heteroatoms. The Bertz CT molecular complexity index is 395. The molecule has 3 nitrogen and oxygen atoms in total. The van der Waals surface area contributed by atoms with E-state index in [0.717, 1.165) is 18.0 Å². The van der Waals surface area contributed by atoms with Crippen LogP contribution >= 0.6 is 0 Å². The van der Waals surface area contributed by atoms with Gasteiger partial charge >= 0.3 is 0 Å². The molecule has 2 aromatic rings. The van der Waals surface area contributed by atoms with Gasteiger partial charge in [0.05, 0.1) is 5.69 Å². The van der Waals surface area contributed by atoms with Gasteiger partial charge in [-0.1, -0.05) is 30.3 Å². The summed E-state index contributed by atoms with van der Waals surface area (Å²) in [4.78, 5) is 4.24. The van der Waals surface area contributed by atoms with E-state index in [1.165, 1.54) is 5.56 Å². The van der Waals surface area contributed by atoms with Crippen LogP contribution in [0.3, 0.4) is 0 Å². The van der Waals surface area contributed by atoms with Crippen LogP contribution in [0.15, 0.2) is 41.0 Å². The van der Waals surface area contributed by atoms with Crippen molar-refractivity contribution in [1.82, 2.24) is 4.98 Å². The zero-order valence-electron chi connectivity index (χ0n) is 9.93. The van der Waals surface area contributed by atoms with E-state index in [2.05, 4.69) is 21.9 Å². The van der Waals surface area contributed by atoms with Crippen LogP contribution in [0.5, 0.6) is 0 Å². The Hall–Kier alpha value is -1.61. The summed E-state index contributed by atoms with van der Waals surface area (Å²) in [5, 5.41) is 0. The minimum absolute atomic E-state index is 0.772. The van der Waals surface area contributed by atoms with E-state index in [1.807, 2.05) is 25.1 Å². The zero-order chi connectivity index (χ0) is 11.8. The minimum atomic E-state index is 0.772. The highest BCUT2D eigenvalue weighted by Crippen LogP contribution is 2.08. The number of aromatic nitrogens is 1. The number of rotatable bonds is 2. The van der Waals surface area contributed by atoms with E-state index >= 15 is 0 Å². The molecule has 0 saturated heterocycles. The van der Waals surface area contributed by atoms with Crippen LogP contribution in [0, 0.1) is 6.92 Å². The van der Waals surface area contributed by atoms with Gasteiger partial charge in [0.25, 0.3) is 0 Å². The first-order chi connectivity index (χ1) is 7.76. The molecule has 0 fully saturated rings. The van der Waals surface area contributed by atoms with Crippen molar-refractivity contribution in [2.75, 3.05) is 14.2 Å². The first kappa shape index (κ1) is 12.5. The first-order valence-corrected chi connectivity index (χ1v) is 5.11. The Kier molecular flexibility index (Phi) is 5.29. The number of methoxy groups -OCH3 is 1. The molecular formula is C13H17NO2. The third kappa shape index (κ3) is 4.28. The number of hydrogen-bond acceptors (Lipinski definition) is 3. The summed E-state index contributed by atoms with van der Waals surface area (Å²) in [6, 6.07) is 10.2. The van der Waals surface area contributed by atoms with Crippen LogP contribution in [0.1, 0.15) is 17.1 Å². The number of ether oxygens (including phenoxy) is 1. The van der Waals surface area contributed by atoms with Crippen LogP contribution < -0.4 is 0 Å². The zero-order valence-corrected chi connectivity index (χ0v) is 9.93. The van der Waals surface area contributed by atoms with Gasteiger partial charge in [0.1, 0.15) is 6.26 Å². The maximum absolute atomic E-state index is 5.26. The molecule has 0 atom stereocenters. The van der Waals surface area contributed by atoms with Gasteiger partial charge in [-0.15, -0.1) is 0 Å². The predicted molar refractivity (Wildman–Crippen MR) is 63.4 cm³/mol. The Labute approximate surface area is 96.1 Å². The molecule has 0 unspecified atom stereocenters. The van der Waals surface area contributed by atoms with Gasteiger partial charge in [-0.2, -0.15) is 0 Å². The molecule has 1 aromatic heterocycles. The van der Waals surface area contributed by atoms with Crippen molar-refractivity contribution in [3.63, 3.8) is 0 Å². The highest BCUT2D eigenvalue weighted by atomic mass is 16.4. The number of nitrogens with zero attached hydrogens (tertiary/aromatic N) is 1. The van der Waals surface area contributed by atoms with Crippen LogP contribution in [-0.4, -0.2) is 19.2 Å². The summed E-state index contributed by atoms with van der Waals surface area (Å²) in [6.07, 6.45) is 2.45. The van der Waals surface area contributed by atoms with Crippen molar-refractivity contribution in [3.05, 3.63) is 53.7 Å². The van der Waals surface area contributed by atoms with E-state index in [-0.39, 0.29) is 0 Å². The maximum Gasteiger partial charge on any atom is 0.198 e. The van der Waals surface area contributed by atoms with Crippen LogP contribution in [0.4, 0.5) is 0 Å². The van der Waals surface area contributed by atoms with E-state index in [4.69, 9.17) is 4.42 Å². The summed E-state index contributed by atoms with van der Waals surface area (Å²) < 4.78 is 9.51. The lowest BCUT2D eigenvalue weighted by molar-refractivity contribution is 0.277. The quantitative estimate of drug-likeness (QED) is 0.779. The normalized spacial score (nSPS) is 9.44. The third-order valence-corrected chi connectivity index (χ3v) is 1.86. The van der Waals surface area contributed by atoms with Gasteiger partial charge in [0.15, 0.2) is 5.89 Å². The Morgan fingerprint density at radius 3 is 2.31 bits per heavy atom. The van der Waals surface area contributed by atoms with Gasteiger partial charge in [0, 0.05) is 20.6 Å². The van der Waals surface area contributed by atoms with E-state index in [1.54, 1.807) is 20.5 Å². The number of oxazole rings is 1. The lowest BCUT2D eigenvalue weighted by Gasteiger charge is -1.94. The molecule has 16 heavy (non-hydrogen) atoms. The largest absolute Gasteiger partial charge is 0.448 e. The lowest BCUT2D eigenvalue weighted by atomic mass is 10.1. The molecule has 0 spiro atoms. The molecule has 0 aliphatic carbocycles. The molecule has 0 aliphatic heterocycles. The molecule has 0 saturated carbocycles. The minimum Gasteiger partial charge on any atom is -0.448 e. The Morgan fingerprint density at radius 2 is 1.81 bits per heavy atom. The standard InChI is InChI=1S/C11H11NO.C2H6O/c1-9-8-13-11(12-9)7-10-5-3-2-4-6-10;1-3-2/h2-6,8H,7H2,1H3;1-2H3. The summed E-state index contributed by atoms with van der Waals surface area (Å²) >= 11 is 0. The topological polar surface area (TPSA) is 35.3 Å². The number of hydrogen-bond donors (Lipinski definition) is 0. The molecule has 0 amide bonds. The van der Waals surface area contributed by atoms with Crippen molar-refractivity contribution in [2.24, 2.45) is 0 Å². The van der Waals surface area contributed by atoms with Gasteiger partial charge in [-0.3, -0.25) is 0 Å². The monoisotopic (exact) mass is 219 g/mol. The van der Waals surface area contributed by atoms with Gasteiger partial charge in [-0.25, -0.2) is 4.98 Å². The second-order valence-corrected chi connectivity index (χ2v) is 3.45. The smallest absolute Gasteiger partial charge is 0.198 e. The number of aryl methyl sites for hydroxylation is 1. The summed E-state index contributed by atoms with van der Waals surface area (Å²) in [5.41, 5.74) is 2.16. The molecule has 0 aliphatic rings.